The number of aromatic carboxylic acids is 1. The number of hydrogen-bond acceptors (Lipinski definition) is 3. The second-order valence-electron chi connectivity index (χ2n) is 5.65. The van der Waals surface area contributed by atoms with E-state index in [1.54, 1.807) is 12.1 Å². The van der Waals surface area contributed by atoms with Crippen LogP contribution in [0.25, 0.3) is 0 Å². The Labute approximate surface area is 114 Å². The summed E-state index contributed by atoms with van der Waals surface area (Å²) in [5.41, 5.74) is 7.75. The summed E-state index contributed by atoms with van der Waals surface area (Å²) < 4.78 is 0. The molecule has 1 aromatic carbocycles. The molecule has 0 radical (unpaired) electrons. The quantitative estimate of drug-likeness (QED) is 0.822. The highest BCUT2D eigenvalue weighted by atomic mass is 16.4. The van der Waals surface area contributed by atoms with Gasteiger partial charge in [0.05, 0.1) is 16.9 Å². The highest BCUT2D eigenvalue weighted by Crippen LogP contribution is 2.31. The van der Waals surface area contributed by atoms with E-state index in [0.29, 0.717) is 5.69 Å². The number of piperidine rings is 1. The highest BCUT2D eigenvalue weighted by Gasteiger charge is 2.22. The average molecular weight is 262 g/mol. The lowest BCUT2D eigenvalue weighted by atomic mass is 9.86. The van der Waals surface area contributed by atoms with E-state index in [9.17, 15) is 4.79 Å². The fourth-order valence-corrected chi connectivity index (χ4v) is 2.78. The molecule has 1 aliphatic rings. The number of nitrogens with zero attached hydrogens (tertiary/aromatic N) is 1. The van der Waals surface area contributed by atoms with Gasteiger partial charge in [-0.2, -0.15) is 0 Å². The minimum Gasteiger partial charge on any atom is -0.478 e. The van der Waals surface area contributed by atoms with Gasteiger partial charge >= 0.3 is 5.97 Å². The van der Waals surface area contributed by atoms with Gasteiger partial charge in [-0.25, -0.2) is 4.79 Å². The van der Waals surface area contributed by atoms with E-state index in [1.165, 1.54) is 12.8 Å². The zero-order valence-electron chi connectivity index (χ0n) is 11.6. The fourth-order valence-electron chi connectivity index (χ4n) is 2.78. The molecule has 0 aromatic heterocycles. The fraction of sp³-hybridized carbons (Fsp3) is 0.533. The Morgan fingerprint density at radius 1 is 1.37 bits per heavy atom. The summed E-state index contributed by atoms with van der Waals surface area (Å²) in [6.07, 6.45) is 2.36. The minimum absolute atomic E-state index is 0.248. The van der Waals surface area contributed by atoms with Gasteiger partial charge in [-0.15, -0.1) is 0 Å². The number of anilines is 2. The largest absolute Gasteiger partial charge is 0.478 e. The Morgan fingerprint density at radius 2 is 2.00 bits per heavy atom. The van der Waals surface area contributed by atoms with Gasteiger partial charge in [0.1, 0.15) is 0 Å². The standard InChI is InChI=1S/C15H22N2O2/c1-10(2)11-5-7-17(8-6-11)14-4-3-12(15(18)19)9-13(14)16/h3-4,9-11H,5-8,16H2,1-2H3,(H,18,19). The Kier molecular flexibility index (Phi) is 3.98. The summed E-state index contributed by atoms with van der Waals surface area (Å²) in [6, 6.07) is 5.00. The average Bonchev–Trinajstić information content (AvgIpc) is 2.38. The van der Waals surface area contributed by atoms with Crippen LogP contribution in [0.4, 0.5) is 11.4 Å². The molecule has 0 unspecified atom stereocenters. The maximum Gasteiger partial charge on any atom is 0.335 e. The molecule has 1 heterocycles. The Morgan fingerprint density at radius 3 is 2.47 bits per heavy atom. The third kappa shape index (κ3) is 3.00. The van der Waals surface area contributed by atoms with Crippen molar-refractivity contribution >= 4 is 17.3 Å². The summed E-state index contributed by atoms with van der Waals surface area (Å²) in [7, 11) is 0. The zero-order chi connectivity index (χ0) is 14.0. The van der Waals surface area contributed by atoms with Crippen LogP contribution in [0, 0.1) is 11.8 Å². The molecular formula is C15H22N2O2. The maximum absolute atomic E-state index is 10.9. The lowest BCUT2D eigenvalue weighted by Crippen LogP contribution is -2.35. The molecule has 4 heteroatoms. The van der Waals surface area contributed by atoms with E-state index in [1.807, 2.05) is 6.07 Å². The molecule has 0 atom stereocenters. The maximum atomic E-state index is 10.9. The van der Waals surface area contributed by atoms with Crippen LogP contribution in [0.15, 0.2) is 18.2 Å². The molecule has 1 aliphatic heterocycles. The molecular weight excluding hydrogens is 240 g/mol. The number of carboxylic acids is 1. The summed E-state index contributed by atoms with van der Waals surface area (Å²) in [5, 5.41) is 8.94. The van der Waals surface area contributed by atoms with Crippen LogP contribution >= 0.6 is 0 Å². The van der Waals surface area contributed by atoms with E-state index >= 15 is 0 Å². The van der Waals surface area contributed by atoms with Crippen LogP contribution in [0.2, 0.25) is 0 Å². The van der Waals surface area contributed by atoms with E-state index in [0.717, 1.165) is 30.6 Å². The molecule has 0 bridgehead atoms. The van der Waals surface area contributed by atoms with Crippen molar-refractivity contribution in [3.63, 3.8) is 0 Å². The number of carbonyl (C=O) groups is 1. The normalized spacial score (nSPS) is 16.9. The van der Waals surface area contributed by atoms with Crippen LogP contribution in [-0.2, 0) is 0 Å². The van der Waals surface area contributed by atoms with E-state index in [2.05, 4.69) is 18.7 Å². The highest BCUT2D eigenvalue weighted by molar-refractivity contribution is 5.90. The number of rotatable bonds is 3. The lowest BCUT2D eigenvalue weighted by Gasteiger charge is -2.35. The van der Waals surface area contributed by atoms with E-state index in [4.69, 9.17) is 10.8 Å². The minimum atomic E-state index is -0.934. The van der Waals surface area contributed by atoms with Crippen molar-refractivity contribution in [2.75, 3.05) is 23.7 Å². The van der Waals surface area contributed by atoms with Crippen molar-refractivity contribution in [1.29, 1.82) is 0 Å². The first-order valence-corrected chi connectivity index (χ1v) is 6.87. The molecule has 19 heavy (non-hydrogen) atoms. The first-order valence-electron chi connectivity index (χ1n) is 6.87. The molecule has 0 saturated carbocycles. The SMILES string of the molecule is CC(C)C1CCN(c2ccc(C(=O)O)cc2N)CC1. The third-order valence-electron chi connectivity index (χ3n) is 4.10. The van der Waals surface area contributed by atoms with Crippen LogP contribution in [0.1, 0.15) is 37.0 Å². The smallest absolute Gasteiger partial charge is 0.335 e. The third-order valence-corrected chi connectivity index (χ3v) is 4.10. The van der Waals surface area contributed by atoms with Gasteiger partial charge in [0.2, 0.25) is 0 Å². The topological polar surface area (TPSA) is 66.6 Å². The Hall–Kier alpha value is -1.71. The predicted octanol–water partition coefficient (Wildman–Crippen LogP) is 2.84. The number of benzene rings is 1. The zero-order valence-corrected chi connectivity index (χ0v) is 11.6. The van der Waals surface area contributed by atoms with Crippen LogP contribution < -0.4 is 10.6 Å². The lowest BCUT2D eigenvalue weighted by molar-refractivity contribution is 0.0697. The number of hydrogen-bond donors (Lipinski definition) is 2. The van der Waals surface area contributed by atoms with Crippen molar-refractivity contribution in [3.05, 3.63) is 23.8 Å². The van der Waals surface area contributed by atoms with Gasteiger partial charge < -0.3 is 15.7 Å². The molecule has 0 amide bonds. The van der Waals surface area contributed by atoms with Gasteiger partial charge in [-0.1, -0.05) is 13.8 Å². The van der Waals surface area contributed by atoms with Gasteiger partial charge in [-0.3, -0.25) is 0 Å². The van der Waals surface area contributed by atoms with E-state index in [-0.39, 0.29) is 5.56 Å². The van der Waals surface area contributed by atoms with Crippen molar-refractivity contribution in [2.45, 2.75) is 26.7 Å². The van der Waals surface area contributed by atoms with Gasteiger partial charge in [0.25, 0.3) is 0 Å². The second-order valence-corrected chi connectivity index (χ2v) is 5.65. The molecule has 0 spiro atoms. The second kappa shape index (κ2) is 5.51. The summed E-state index contributed by atoms with van der Waals surface area (Å²) in [5.74, 6) is 0.585. The predicted molar refractivity (Wildman–Crippen MR) is 77.6 cm³/mol. The summed E-state index contributed by atoms with van der Waals surface area (Å²) in [6.45, 7) is 6.55. The van der Waals surface area contributed by atoms with Crippen molar-refractivity contribution < 1.29 is 9.90 Å². The van der Waals surface area contributed by atoms with Crippen LogP contribution in [0.3, 0.4) is 0 Å². The molecule has 104 valence electrons. The molecule has 2 rings (SSSR count). The van der Waals surface area contributed by atoms with Gasteiger partial charge in [0.15, 0.2) is 0 Å². The van der Waals surface area contributed by atoms with E-state index < -0.39 is 5.97 Å². The number of nitrogens with two attached hydrogens (primary N) is 1. The first kappa shape index (κ1) is 13.7. The molecule has 1 saturated heterocycles. The summed E-state index contributed by atoms with van der Waals surface area (Å²) >= 11 is 0. The number of nitrogen functional groups attached to an aromatic ring is 1. The first-order chi connectivity index (χ1) is 8.99. The van der Waals surface area contributed by atoms with Crippen molar-refractivity contribution in [3.8, 4) is 0 Å². The van der Waals surface area contributed by atoms with Crippen LogP contribution in [-0.4, -0.2) is 24.2 Å². The molecule has 3 N–H and O–H groups in total. The monoisotopic (exact) mass is 262 g/mol. The van der Waals surface area contributed by atoms with Gasteiger partial charge in [-0.05, 0) is 42.9 Å². The van der Waals surface area contributed by atoms with Gasteiger partial charge in [0, 0.05) is 13.1 Å². The molecule has 1 fully saturated rings. The van der Waals surface area contributed by atoms with Crippen molar-refractivity contribution in [2.24, 2.45) is 11.8 Å². The number of carboxylic acid groups (broad SMARTS) is 1. The Bertz CT molecular complexity index is 463. The molecule has 4 nitrogen and oxygen atoms in total. The Balaban J connectivity index is 2.09. The van der Waals surface area contributed by atoms with Crippen molar-refractivity contribution in [1.82, 2.24) is 0 Å². The van der Waals surface area contributed by atoms with Crippen LogP contribution in [0.5, 0.6) is 0 Å². The summed E-state index contributed by atoms with van der Waals surface area (Å²) in [4.78, 5) is 13.2. The molecule has 0 aliphatic carbocycles. The molecule has 1 aromatic rings.